The van der Waals surface area contributed by atoms with E-state index >= 15 is 0 Å². The lowest BCUT2D eigenvalue weighted by molar-refractivity contribution is -0.384. The Kier molecular flexibility index (Phi) is 6.14. The maximum absolute atomic E-state index is 13.6. The summed E-state index contributed by atoms with van der Waals surface area (Å²) in [5.41, 5.74) is 4.86. The Balaban J connectivity index is 1.63. The Labute approximate surface area is 209 Å². The van der Waals surface area contributed by atoms with Crippen molar-refractivity contribution in [3.05, 3.63) is 99.1 Å². The first-order valence-corrected chi connectivity index (χ1v) is 11.8. The highest BCUT2D eigenvalue weighted by molar-refractivity contribution is 8.00. The van der Waals surface area contributed by atoms with E-state index in [0.717, 1.165) is 0 Å². The Morgan fingerprint density at radius 3 is 2.60 bits per heavy atom. The van der Waals surface area contributed by atoms with Gasteiger partial charge in [-0.3, -0.25) is 14.9 Å². The molecule has 2 atom stereocenters. The Bertz CT molecular complexity index is 1430. The summed E-state index contributed by atoms with van der Waals surface area (Å²) in [6, 6.07) is 20.2. The van der Waals surface area contributed by atoms with Gasteiger partial charge in [-0.25, -0.2) is 4.68 Å². The molecule has 2 heterocycles. The molecule has 3 aromatic carbocycles. The van der Waals surface area contributed by atoms with E-state index in [2.05, 4.69) is 15.6 Å². The van der Waals surface area contributed by atoms with Crippen LogP contribution in [0.2, 0.25) is 5.02 Å². The molecule has 4 aromatic rings. The van der Waals surface area contributed by atoms with Gasteiger partial charge in [-0.2, -0.15) is 0 Å². The highest BCUT2D eigenvalue weighted by Crippen LogP contribution is 2.42. The van der Waals surface area contributed by atoms with Crippen molar-refractivity contribution in [2.45, 2.75) is 16.4 Å². The van der Waals surface area contributed by atoms with Crippen molar-refractivity contribution >= 4 is 34.8 Å². The van der Waals surface area contributed by atoms with Crippen LogP contribution in [0.25, 0.3) is 11.4 Å². The summed E-state index contributed by atoms with van der Waals surface area (Å²) in [4.78, 5) is 24.6. The number of halogens is 1. The Morgan fingerprint density at radius 1 is 1.11 bits per heavy atom. The van der Waals surface area contributed by atoms with Gasteiger partial charge < -0.3 is 10.2 Å². The number of benzene rings is 3. The number of fused-ring (bicyclic) bond motifs is 1. The molecule has 0 amide bonds. The first-order valence-electron chi connectivity index (χ1n) is 10.5. The Hall–Kier alpha value is -3.89. The summed E-state index contributed by atoms with van der Waals surface area (Å²) >= 11 is 7.30. The average molecular weight is 508 g/mol. The second kappa shape index (κ2) is 9.40. The van der Waals surface area contributed by atoms with Crippen LogP contribution >= 0.6 is 23.4 Å². The number of carbonyl (C=O) groups is 1. The highest BCUT2D eigenvalue weighted by Gasteiger charge is 2.39. The van der Waals surface area contributed by atoms with Gasteiger partial charge in [-0.05, 0) is 23.8 Å². The molecule has 0 radical (unpaired) electrons. The second-order valence-electron chi connectivity index (χ2n) is 7.69. The second-order valence-corrected chi connectivity index (χ2v) is 9.20. The zero-order valence-electron chi connectivity index (χ0n) is 18.3. The molecule has 11 heteroatoms. The maximum Gasteiger partial charge on any atom is 0.288 e. The van der Waals surface area contributed by atoms with Crippen LogP contribution in [0.4, 0.5) is 5.69 Å². The molecule has 0 aliphatic carbocycles. The minimum atomic E-state index is -0.666. The normalized spacial score (nSPS) is 16.7. The number of carbonyl (C=O) groups excluding carboxylic acids is 1. The van der Waals surface area contributed by atoms with Gasteiger partial charge in [0.2, 0.25) is 5.16 Å². The molecule has 0 saturated heterocycles. The summed E-state index contributed by atoms with van der Waals surface area (Å²) < 4.78 is 7.17. The van der Waals surface area contributed by atoms with Crippen LogP contribution in [0, 0.1) is 10.1 Å². The first-order chi connectivity index (χ1) is 17.0. The van der Waals surface area contributed by atoms with E-state index in [1.165, 1.54) is 23.9 Å². The SMILES string of the molecule is COc1ccccc1-c1nnc2n1N[C@H](c1ccc(Cl)c([N+](=O)[O-])c1)[C@H](C(=O)c1ccccc1)S2. The van der Waals surface area contributed by atoms with Crippen molar-refractivity contribution in [2.75, 3.05) is 12.5 Å². The third kappa shape index (κ3) is 4.22. The van der Waals surface area contributed by atoms with Gasteiger partial charge in [0.15, 0.2) is 11.6 Å². The fourth-order valence-electron chi connectivity index (χ4n) is 3.94. The van der Waals surface area contributed by atoms with Crippen LogP contribution in [0.3, 0.4) is 0 Å². The number of hydrogen-bond acceptors (Lipinski definition) is 8. The lowest BCUT2D eigenvalue weighted by Gasteiger charge is -2.33. The van der Waals surface area contributed by atoms with E-state index < -0.39 is 16.2 Å². The molecular weight excluding hydrogens is 490 g/mol. The largest absolute Gasteiger partial charge is 0.496 e. The van der Waals surface area contributed by atoms with Crippen LogP contribution in [-0.2, 0) is 0 Å². The molecule has 176 valence electrons. The number of aromatic nitrogens is 3. The molecule has 1 aliphatic rings. The summed E-state index contributed by atoms with van der Waals surface area (Å²) in [6.45, 7) is 0. The zero-order chi connectivity index (χ0) is 24.5. The van der Waals surface area contributed by atoms with E-state index in [4.69, 9.17) is 16.3 Å². The number of para-hydroxylation sites is 1. The smallest absolute Gasteiger partial charge is 0.288 e. The standard InChI is InChI=1S/C24H18ClN5O4S/c1-34-19-10-6-5-9-16(19)23-26-27-24-29(23)28-20(15-11-12-17(25)18(13-15)30(32)33)22(35-24)21(31)14-7-3-2-4-8-14/h2-13,20,22,28H,1H3/t20-,22-/m1/s1. The van der Waals surface area contributed by atoms with Gasteiger partial charge in [0.05, 0.1) is 23.6 Å². The van der Waals surface area contributed by atoms with Gasteiger partial charge in [-0.1, -0.05) is 71.9 Å². The molecule has 9 nitrogen and oxygen atoms in total. The number of methoxy groups -OCH3 is 1. The van der Waals surface area contributed by atoms with Crippen LogP contribution in [0.5, 0.6) is 5.75 Å². The monoisotopic (exact) mass is 507 g/mol. The minimum absolute atomic E-state index is 0.0212. The lowest BCUT2D eigenvalue weighted by atomic mass is 9.97. The number of nitro groups is 1. The topological polar surface area (TPSA) is 112 Å². The number of rotatable bonds is 6. The number of nitro benzene ring substituents is 1. The molecule has 1 N–H and O–H groups in total. The number of hydrogen-bond donors (Lipinski definition) is 1. The number of Topliss-reactive ketones (excluding diaryl/α,β-unsaturated/α-hetero) is 1. The highest BCUT2D eigenvalue weighted by atomic mass is 35.5. The predicted octanol–water partition coefficient (Wildman–Crippen LogP) is 5.16. The van der Waals surface area contributed by atoms with E-state index in [1.807, 2.05) is 30.3 Å². The predicted molar refractivity (Wildman–Crippen MR) is 133 cm³/mol. The summed E-state index contributed by atoms with van der Waals surface area (Å²) in [7, 11) is 1.57. The van der Waals surface area contributed by atoms with Crippen molar-refractivity contribution in [1.29, 1.82) is 0 Å². The molecule has 0 unspecified atom stereocenters. The van der Waals surface area contributed by atoms with Gasteiger partial charge in [0, 0.05) is 11.6 Å². The fraction of sp³-hybridized carbons (Fsp3) is 0.125. The first kappa shape index (κ1) is 22.9. The van der Waals surface area contributed by atoms with Gasteiger partial charge in [-0.15, -0.1) is 10.2 Å². The van der Waals surface area contributed by atoms with E-state index in [0.29, 0.717) is 33.4 Å². The van der Waals surface area contributed by atoms with Crippen molar-refractivity contribution in [1.82, 2.24) is 14.9 Å². The molecule has 0 spiro atoms. The Morgan fingerprint density at radius 2 is 1.86 bits per heavy atom. The van der Waals surface area contributed by atoms with E-state index in [-0.39, 0.29) is 16.5 Å². The molecule has 1 aliphatic heterocycles. The molecule has 0 bridgehead atoms. The number of ketones is 1. The van der Waals surface area contributed by atoms with Crippen LogP contribution in [0.15, 0.2) is 78.0 Å². The lowest BCUT2D eigenvalue weighted by Crippen LogP contribution is -2.39. The number of nitrogens with zero attached hydrogens (tertiary/aromatic N) is 4. The molecule has 35 heavy (non-hydrogen) atoms. The molecule has 0 saturated carbocycles. The van der Waals surface area contributed by atoms with Crippen molar-refractivity contribution in [2.24, 2.45) is 0 Å². The quantitative estimate of drug-likeness (QED) is 0.216. The molecule has 0 fully saturated rings. The third-order valence-corrected chi connectivity index (χ3v) is 7.16. The molecular formula is C24H18ClN5O4S. The fourth-order valence-corrected chi connectivity index (χ4v) is 5.28. The summed E-state index contributed by atoms with van der Waals surface area (Å²) in [5, 5.41) is 20.0. The van der Waals surface area contributed by atoms with Crippen molar-refractivity contribution < 1.29 is 14.5 Å². The van der Waals surface area contributed by atoms with E-state index in [9.17, 15) is 14.9 Å². The van der Waals surface area contributed by atoms with Crippen molar-refractivity contribution in [3.8, 4) is 17.1 Å². The number of ether oxygens (including phenoxy) is 1. The van der Waals surface area contributed by atoms with Gasteiger partial charge >= 0.3 is 0 Å². The van der Waals surface area contributed by atoms with E-state index in [1.54, 1.807) is 42.1 Å². The van der Waals surface area contributed by atoms with Crippen LogP contribution in [-0.4, -0.2) is 37.9 Å². The minimum Gasteiger partial charge on any atom is -0.496 e. The van der Waals surface area contributed by atoms with Crippen LogP contribution in [0.1, 0.15) is 22.0 Å². The number of nitrogens with one attached hydrogen (secondary N) is 1. The zero-order valence-corrected chi connectivity index (χ0v) is 19.9. The van der Waals surface area contributed by atoms with Gasteiger partial charge in [0.25, 0.3) is 5.69 Å². The average Bonchev–Trinajstić information content (AvgIpc) is 3.31. The number of thioether (sulfide) groups is 1. The molecule has 1 aromatic heterocycles. The summed E-state index contributed by atoms with van der Waals surface area (Å²) in [5.74, 6) is 0.957. The van der Waals surface area contributed by atoms with Crippen molar-refractivity contribution in [3.63, 3.8) is 0 Å². The molecule has 5 rings (SSSR count). The third-order valence-electron chi connectivity index (χ3n) is 5.63. The maximum atomic E-state index is 13.6. The van der Waals surface area contributed by atoms with Crippen LogP contribution < -0.4 is 10.2 Å². The summed E-state index contributed by atoms with van der Waals surface area (Å²) in [6.07, 6.45) is 0. The van der Waals surface area contributed by atoms with Gasteiger partial charge in [0.1, 0.15) is 16.0 Å².